The van der Waals surface area contributed by atoms with E-state index in [1.165, 1.54) is 43.8 Å². The van der Waals surface area contributed by atoms with Crippen molar-refractivity contribution >= 4 is 110 Å². The Bertz CT molecular complexity index is 4360. The van der Waals surface area contributed by atoms with Crippen molar-refractivity contribution < 1.29 is 8.83 Å². The van der Waals surface area contributed by atoms with Crippen molar-refractivity contribution in [1.29, 1.82) is 0 Å². The summed E-state index contributed by atoms with van der Waals surface area (Å²) in [5, 5.41) is 11.5. The predicted molar refractivity (Wildman–Crippen MR) is 299 cm³/mol. The maximum Gasteiger partial charge on any atom is 0.159 e. The van der Waals surface area contributed by atoms with Crippen LogP contribution in [0.5, 0.6) is 0 Å². The lowest BCUT2D eigenvalue weighted by atomic mass is 9.91. The summed E-state index contributed by atoms with van der Waals surface area (Å²) in [7, 11) is 0. The molecule has 0 fully saturated rings. The van der Waals surface area contributed by atoms with Crippen molar-refractivity contribution in [2.24, 2.45) is 0 Å². The zero-order valence-corrected chi connectivity index (χ0v) is 39.4. The van der Waals surface area contributed by atoms with Gasteiger partial charge in [0.05, 0.1) is 22.7 Å². The number of rotatable bonds is 9. The van der Waals surface area contributed by atoms with E-state index in [0.717, 1.165) is 106 Å². The first-order chi connectivity index (χ1) is 35.1. The fourth-order valence-electron chi connectivity index (χ4n) is 11.5. The van der Waals surface area contributed by atoms with Gasteiger partial charge < -0.3 is 18.6 Å². The summed E-state index contributed by atoms with van der Waals surface area (Å²) in [5.41, 5.74) is 16.8. The summed E-state index contributed by atoms with van der Waals surface area (Å²) in [4.78, 5) is 4.78. The van der Waals surface area contributed by atoms with Gasteiger partial charge in [0.15, 0.2) is 11.2 Å². The minimum atomic E-state index is 0.848. The smallest absolute Gasteiger partial charge is 0.159 e. The van der Waals surface area contributed by atoms with E-state index >= 15 is 0 Å². The minimum absolute atomic E-state index is 0.848. The van der Waals surface area contributed by atoms with Crippen molar-refractivity contribution in [2.75, 3.05) is 9.80 Å². The number of furan rings is 2. The SMILES string of the molecule is CCc1ccccc1-c1cccc2c1oc1c(N(c3ccccc3)c3ccc4ccc5c(N(c6ccccc6)c6cccc7c6oc6c(-c8ccccc8C)cccc67)ccc6ccc3c4c65)cccc12. The maximum atomic E-state index is 7.17. The largest absolute Gasteiger partial charge is 0.453 e. The minimum Gasteiger partial charge on any atom is -0.453 e. The summed E-state index contributed by atoms with van der Waals surface area (Å²) in [6.45, 7) is 4.38. The molecular weight excluding hydrogens is 865 g/mol. The van der Waals surface area contributed by atoms with E-state index in [1.807, 2.05) is 0 Å². The van der Waals surface area contributed by atoms with Gasteiger partial charge in [-0.05, 0) is 106 Å². The van der Waals surface area contributed by atoms with Crippen LogP contribution in [0.15, 0.2) is 239 Å². The predicted octanol–water partition coefficient (Wildman–Crippen LogP) is 19.5. The third-order valence-electron chi connectivity index (χ3n) is 14.7. The Kier molecular flexibility index (Phi) is 9.37. The summed E-state index contributed by atoms with van der Waals surface area (Å²) in [6.07, 6.45) is 0.938. The highest BCUT2D eigenvalue weighted by Gasteiger charge is 2.26. The van der Waals surface area contributed by atoms with Crippen LogP contribution in [0.2, 0.25) is 0 Å². The number of anilines is 6. The molecule has 0 aliphatic rings. The average molecular weight is 911 g/mol. The van der Waals surface area contributed by atoms with Crippen LogP contribution in [0, 0.1) is 6.92 Å². The monoisotopic (exact) mass is 910 g/mol. The number of hydrogen-bond donors (Lipinski definition) is 0. The third-order valence-corrected chi connectivity index (χ3v) is 14.7. The van der Waals surface area contributed by atoms with Gasteiger partial charge in [-0.25, -0.2) is 0 Å². The zero-order valence-electron chi connectivity index (χ0n) is 39.4. The maximum absolute atomic E-state index is 7.17. The van der Waals surface area contributed by atoms with Gasteiger partial charge >= 0.3 is 0 Å². The Hall–Kier alpha value is -9.12. The quantitative estimate of drug-likeness (QED) is 0.135. The van der Waals surface area contributed by atoms with Gasteiger partial charge in [-0.3, -0.25) is 0 Å². The molecule has 0 atom stereocenters. The van der Waals surface area contributed by atoms with Crippen LogP contribution in [0.4, 0.5) is 34.1 Å². The molecule has 0 spiro atoms. The van der Waals surface area contributed by atoms with Crippen molar-refractivity contribution in [3.8, 4) is 22.3 Å². The lowest BCUT2D eigenvalue weighted by Gasteiger charge is -2.29. The Morgan fingerprint density at radius 1 is 0.310 bits per heavy atom. The number of para-hydroxylation sites is 6. The number of benzene rings is 12. The summed E-state index contributed by atoms with van der Waals surface area (Å²) in [5.74, 6) is 0. The molecule has 2 aromatic heterocycles. The van der Waals surface area contributed by atoms with Crippen LogP contribution < -0.4 is 9.80 Å². The number of nitrogens with zero attached hydrogens (tertiary/aromatic N) is 2. The molecule has 14 aromatic rings. The summed E-state index contributed by atoms with van der Waals surface area (Å²) >= 11 is 0. The highest BCUT2D eigenvalue weighted by atomic mass is 16.3. The topological polar surface area (TPSA) is 32.8 Å². The normalized spacial score (nSPS) is 11.9. The molecule has 0 unspecified atom stereocenters. The van der Waals surface area contributed by atoms with E-state index in [2.05, 4.69) is 254 Å². The van der Waals surface area contributed by atoms with Crippen LogP contribution in [0.25, 0.3) is 98.4 Å². The van der Waals surface area contributed by atoms with Crippen LogP contribution >= 0.6 is 0 Å². The van der Waals surface area contributed by atoms with Gasteiger partial charge in [0.25, 0.3) is 0 Å². The van der Waals surface area contributed by atoms with Crippen molar-refractivity contribution in [3.05, 3.63) is 242 Å². The van der Waals surface area contributed by atoms with Crippen LogP contribution in [-0.2, 0) is 6.42 Å². The van der Waals surface area contributed by atoms with E-state index in [9.17, 15) is 0 Å². The molecule has 2 heterocycles. The second-order valence-corrected chi connectivity index (χ2v) is 18.6. The first-order valence-electron chi connectivity index (χ1n) is 24.6. The van der Waals surface area contributed by atoms with Crippen LogP contribution in [0.3, 0.4) is 0 Å². The molecular formula is C67H46N2O2. The molecule has 0 amide bonds. The molecule has 0 aliphatic heterocycles. The first-order valence-corrected chi connectivity index (χ1v) is 24.6. The van der Waals surface area contributed by atoms with Crippen molar-refractivity contribution in [2.45, 2.75) is 20.3 Å². The van der Waals surface area contributed by atoms with Crippen molar-refractivity contribution in [3.63, 3.8) is 0 Å². The van der Waals surface area contributed by atoms with E-state index < -0.39 is 0 Å². The molecule has 0 saturated carbocycles. The molecule has 0 bridgehead atoms. The molecule has 4 heteroatoms. The third kappa shape index (κ3) is 6.31. The molecule has 71 heavy (non-hydrogen) atoms. The fourth-order valence-corrected chi connectivity index (χ4v) is 11.5. The highest BCUT2D eigenvalue weighted by Crippen LogP contribution is 2.51. The van der Waals surface area contributed by atoms with E-state index in [4.69, 9.17) is 8.83 Å². The zero-order chi connectivity index (χ0) is 47.2. The van der Waals surface area contributed by atoms with Crippen LogP contribution in [-0.4, -0.2) is 0 Å². The average Bonchev–Trinajstić information content (AvgIpc) is 4.02. The van der Waals surface area contributed by atoms with E-state index in [1.54, 1.807) is 0 Å². The van der Waals surface area contributed by atoms with Gasteiger partial charge in [0.2, 0.25) is 0 Å². The lowest BCUT2D eigenvalue weighted by Crippen LogP contribution is -2.11. The van der Waals surface area contributed by atoms with Gasteiger partial charge in [0.1, 0.15) is 11.2 Å². The van der Waals surface area contributed by atoms with Crippen molar-refractivity contribution in [1.82, 2.24) is 0 Å². The molecule has 14 rings (SSSR count). The van der Waals surface area contributed by atoms with Gasteiger partial charge in [-0.2, -0.15) is 0 Å². The van der Waals surface area contributed by atoms with E-state index in [0.29, 0.717) is 0 Å². The van der Waals surface area contributed by atoms with Gasteiger partial charge in [-0.15, -0.1) is 0 Å². The van der Waals surface area contributed by atoms with Gasteiger partial charge in [-0.1, -0.05) is 189 Å². The number of fused-ring (bicyclic) bond motifs is 6. The van der Waals surface area contributed by atoms with E-state index in [-0.39, 0.29) is 0 Å². The summed E-state index contributed by atoms with van der Waals surface area (Å²) in [6, 6.07) is 83.2. The Labute approximate surface area is 411 Å². The molecule has 12 aromatic carbocycles. The standard InChI is InChI=1S/C67H46N2O2/c1-3-43-19-11-13-25-49(43)51-27-15-29-53-55-31-17-33-61(67(55)71-65(51)53)69(47-22-8-5-9-23-47)59-41-37-45-34-38-56-58(40-36-44-35-39-57(59)63(45)62(44)56)68(46-20-6-4-7-21-46)60-32-16-30-54-52-28-14-26-50(64(52)70-66(54)60)48-24-12-10-18-42(48)2/h4-41H,3H2,1-2H3. The first kappa shape index (κ1) is 40.9. The Balaban J connectivity index is 0.994. The summed E-state index contributed by atoms with van der Waals surface area (Å²) < 4.78 is 14.3. The number of hydrogen-bond acceptors (Lipinski definition) is 4. The van der Waals surface area contributed by atoms with Crippen LogP contribution in [0.1, 0.15) is 18.1 Å². The molecule has 0 radical (unpaired) electrons. The second kappa shape index (κ2) is 16.3. The Morgan fingerprint density at radius 2 is 0.718 bits per heavy atom. The second-order valence-electron chi connectivity index (χ2n) is 18.6. The molecule has 0 aliphatic carbocycles. The molecule has 4 nitrogen and oxygen atoms in total. The highest BCUT2D eigenvalue weighted by molar-refractivity contribution is 6.29. The fraction of sp³-hybridized carbons (Fsp3) is 0.0448. The molecule has 336 valence electrons. The molecule has 0 saturated heterocycles. The lowest BCUT2D eigenvalue weighted by molar-refractivity contribution is 0.670. The molecule has 0 N–H and O–H groups in total. The van der Waals surface area contributed by atoms with Gasteiger partial charge in [0, 0.05) is 54.8 Å². The number of aryl methyl sites for hydroxylation is 2. The Morgan fingerprint density at radius 3 is 1.23 bits per heavy atom.